The number of amides is 1. The van der Waals surface area contributed by atoms with Gasteiger partial charge >= 0.3 is 11.9 Å². The molecule has 10 nitrogen and oxygen atoms in total. The molecule has 1 aromatic rings. The number of rotatable bonds is 10. The molecule has 4 aliphatic heterocycles. The number of aromatic nitrogens is 1. The SMILES string of the molecule is CCCCCC(=O)N(C)CC1(C)C(C)=C2/C=C3N=C(C[C@@H]\3C)/C(CC(=O)OC)=C3N=C(/C=c4\[nH]/c(c(C)c4CC)=C\C1N2)C(C)=C\3C(=O)OC. The average molecular weight is 684 g/mol. The first kappa shape index (κ1) is 36.8. The average Bonchev–Trinajstić information content (AvgIpc) is 3.77. The molecule has 1 aromatic heterocycles. The number of carbonyl (C=O) groups is 3. The lowest BCUT2D eigenvalue weighted by Gasteiger charge is -2.35. The summed E-state index contributed by atoms with van der Waals surface area (Å²) >= 11 is 0. The third kappa shape index (κ3) is 6.81. The molecule has 50 heavy (non-hydrogen) atoms. The van der Waals surface area contributed by atoms with Crippen LogP contribution in [-0.4, -0.2) is 73.0 Å². The first-order valence-corrected chi connectivity index (χ1v) is 17.9. The van der Waals surface area contributed by atoms with E-state index in [1.807, 2.05) is 24.9 Å². The van der Waals surface area contributed by atoms with Gasteiger partial charge in [-0.05, 0) is 80.5 Å². The fourth-order valence-corrected chi connectivity index (χ4v) is 7.63. The van der Waals surface area contributed by atoms with E-state index in [9.17, 15) is 14.4 Å². The number of aromatic amines is 1. The Morgan fingerprint density at radius 1 is 1.04 bits per heavy atom. The third-order valence-electron chi connectivity index (χ3n) is 11.0. The molecule has 5 rings (SSSR count). The number of nitrogens with one attached hydrogen (secondary N) is 2. The van der Waals surface area contributed by atoms with Crippen molar-refractivity contribution in [3.63, 3.8) is 0 Å². The Morgan fingerprint density at radius 3 is 2.44 bits per heavy atom. The van der Waals surface area contributed by atoms with Crippen molar-refractivity contribution in [2.24, 2.45) is 21.3 Å². The van der Waals surface area contributed by atoms with Crippen LogP contribution in [0.5, 0.6) is 0 Å². The Bertz CT molecular complexity index is 1920. The molecular weight excluding hydrogens is 630 g/mol. The molecular formula is C40H53N5O5. The zero-order chi connectivity index (χ0) is 36.5. The number of carbonyl (C=O) groups excluding carboxylic acids is 3. The molecule has 0 spiro atoms. The highest BCUT2D eigenvalue weighted by Gasteiger charge is 2.43. The number of aliphatic imine (C=N–C) groups is 2. The van der Waals surface area contributed by atoms with E-state index in [-0.39, 0.29) is 24.3 Å². The molecule has 0 aromatic carbocycles. The first-order valence-electron chi connectivity index (χ1n) is 17.9. The van der Waals surface area contributed by atoms with Crippen LogP contribution in [-0.2, 0) is 30.3 Å². The summed E-state index contributed by atoms with van der Waals surface area (Å²) in [7, 11) is 4.62. The number of nitrogens with zero attached hydrogens (tertiary/aromatic N) is 3. The molecule has 0 aliphatic carbocycles. The predicted octanol–water partition coefficient (Wildman–Crippen LogP) is 4.88. The number of ether oxygens (including phenoxy) is 2. The normalized spacial score (nSPS) is 26.6. The van der Waals surface area contributed by atoms with Crippen LogP contribution >= 0.6 is 0 Å². The number of hydrogen-bond acceptors (Lipinski definition) is 8. The lowest BCUT2D eigenvalue weighted by atomic mass is 9.77. The maximum absolute atomic E-state index is 13.3. The lowest BCUT2D eigenvalue weighted by Crippen LogP contribution is -2.46. The molecule has 268 valence electrons. The molecule has 0 saturated carbocycles. The van der Waals surface area contributed by atoms with E-state index in [1.165, 1.54) is 14.2 Å². The van der Waals surface area contributed by atoms with E-state index in [4.69, 9.17) is 19.5 Å². The van der Waals surface area contributed by atoms with Crippen LogP contribution in [0.4, 0.5) is 0 Å². The molecule has 1 amide bonds. The van der Waals surface area contributed by atoms with E-state index in [2.05, 4.69) is 64.0 Å². The molecule has 0 fully saturated rings. The highest BCUT2D eigenvalue weighted by atomic mass is 16.5. The number of methoxy groups -OCH3 is 2. The van der Waals surface area contributed by atoms with Crippen molar-refractivity contribution in [2.45, 2.75) is 99.5 Å². The van der Waals surface area contributed by atoms with Crippen molar-refractivity contribution >= 4 is 41.4 Å². The topological polar surface area (TPSA) is 125 Å². The number of allylic oxidation sites excluding steroid dienone is 3. The fraction of sp³-hybridized carbons (Fsp3) is 0.525. The van der Waals surface area contributed by atoms with Crippen molar-refractivity contribution in [3.8, 4) is 0 Å². The van der Waals surface area contributed by atoms with Crippen molar-refractivity contribution in [1.29, 1.82) is 0 Å². The van der Waals surface area contributed by atoms with Gasteiger partial charge in [-0.25, -0.2) is 9.79 Å². The summed E-state index contributed by atoms with van der Waals surface area (Å²) < 4.78 is 10.4. The van der Waals surface area contributed by atoms with Gasteiger partial charge in [-0.3, -0.25) is 14.6 Å². The van der Waals surface area contributed by atoms with Gasteiger partial charge in [0, 0.05) is 64.7 Å². The third-order valence-corrected chi connectivity index (χ3v) is 11.0. The molecule has 5 heterocycles. The number of H-pyrrole nitrogens is 1. The summed E-state index contributed by atoms with van der Waals surface area (Å²) in [6.07, 6.45) is 11.2. The molecule has 8 bridgehead atoms. The van der Waals surface area contributed by atoms with Crippen molar-refractivity contribution in [2.75, 3.05) is 27.8 Å². The quantitative estimate of drug-likeness (QED) is 0.268. The van der Waals surface area contributed by atoms with Gasteiger partial charge < -0.3 is 24.7 Å². The molecule has 2 N–H and O–H groups in total. The predicted molar refractivity (Wildman–Crippen MR) is 198 cm³/mol. The first-order chi connectivity index (χ1) is 23.8. The van der Waals surface area contributed by atoms with Crippen LogP contribution in [0.25, 0.3) is 12.2 Å². The van der Waals surface area contributed by atoms with E-state index in [0.29, 0.717) is 53.2 Å². The van der Waals surface area contributed by atoms with Crippen LogP contribution in [0.1, 0.15) is 91.2 Å². The van der Waals surface area contributed by atoms with Gasteiger partial charge in [-0.15, -0.1) is 0 Å². The Hall–Kier alpha value is -4.47. The fourth-order valence-electron chi connectivity index (χ4n) is 7.63. The maximum Gasteiger partial charge on any atom is 0.340 e. The second-order valence-corrected chi connectivity index (χ2v) is 14.3. The van der Waals surface area contributed by atoms with Crippen LogP contribution in [0.15, 0.2) is 55.4 Å². The van der Waals surface area contributed by atoms with E-state index in [0.717, 1.165) is 64.5 Å². The molecule has 0 radical (unpaired) electrons. The summed E-state index contributed by atoms with van der Waals surface area (Å²) in [5.74, 6) is -0.764. The van der Waals surface area contributed by atoms with Crippen LogP contribution in [0.2, 0.25) is 0 Å². The molecule has 3 atom stereocenters. The van der Waals surface area contributed by atoms with Crippen LogP contribution in [0.3, 0.4) is 0 Å². The molecule has 4 aliphatic rings. The van der Waals surface area contributed by atoms with Gasteiger partial charge in [0.05, 0.1) is 43.7 Å². The monoisotopic (exact) mass is 683 g/mol. The smallest absolute Gasteiger partial charge is 0.340 e. The number of unbranched alkanes of at least 4 members (excludes halogenated alkanes) is 2. The van der Waals surface area contributed by atoms with Gasteiger partial charge in [0.15, 0.2) is 0 Å². The summed E-state index contributed by atoms with van der Waals surface area (Å²) in [4.78, 5) is 55.2. The number of esters is 2. The largest absolute Gasteiger partial charge is 0.469 e. The standard InChI is InChI=1S/C40H53N5O5/c1-11-13-14-15-35(46)45(8)21-40(7)25(6)31-18-28-22(3)16-32(41-28)27(17-36(47)49-9)38-37(39(48)50-10)24(5)29(44-38)19-33-26(12-2)23(4)30(42-33)20-34(40)43-31/h18-20,22,34,42-43H,11-17,21H2,1-10H3/b28-18-,30-20-,33-19-,38-27-/t22-,34?,40?/m0/s1. The van der Waals surface area contributed by atoms with Crippen LogP contribution in [0, 0.1) is 18.3 Å². The minimum Gasteiger partial charge on any atom is -0.469 e. The zero-order valence-electron chi connectivity index (χ0n) is 31.4. The number of hydrogen-bond donors (Lipinski definition) is 2. The molecule has 10 heteroatoms. The van der Waals surface area contributed by atoms with Gasteiger partial charge in [0.2, 0.25) is 5.91 Å². The number of fused-ring (bicyclic) bond motifs is 6. The summed E-state index contributed by atoms with van der Waals surface area (Å²) in [5, 5.41) is 5.73. The minimum atomic E-state index is -0.518. The van der Waals surface area contributed by atoms with E-state index < -0.39 is 17.4 Å². The lowest BCUT2D eigenvalue weighted by molar-refractivity contribution is -0.140. The Kier molecular flexibility index (Phi) is 10.9. The van der Waals surface area contributed by atoms with Crippen LogP contribution < -0.4 is 16.0 Å². The van der Waals surface area contributed by atoms with Crippen molar-refractivity contribution < 1.29 is 23.9 Å². The zero-order valence-corrected chi connectivity index (χ0v) is 31.4. The summed E-state index contributed by atoms with van der Waals surface area (Å²) in [6.45, 7) is 15.3. The van der Waals surface area contributed by atoms with Gasteiger partial charge in [0.1, 0.15) is 0 Å². The Morgan fingerprint density at radius 2 is 1.78 bits per heavy atom. The highest BCUT2D eigenvalue weighted by molar-refractivity contribution is 6.27. The second kappa shape index (κ2) is 14.8. The van der Waals surface area contributed by atoms with Crippen molar-refractivity contribution in [3.05, 3.63) is 67.3 Å². The van der Waals surface area contributed by atoms with E-state index in [1.54, 1.807) is 0 Å². The minimum absolute atomic E-state index is 0.0381. The van der Waals surface area contributed by atoms with Gasteiger partial charge in [-0.1, -0.05) is 40.5 Å². The van der Waals surface area contributed by atoms with Gasteiger partial charge in [-0.2, -0.15) is 0 Å². The molecule has 0 saturated heterocycles. The Labute approximate surface area is 295 Å². The highest BCUT2D eigenvalue weighted by Crippen LogP contribution is 2.42. The van der Waals surface area contributed by atoms with E-state index >= 15 is 0 Å². The second-order valence-electron chi connectivity index (χ2n) is 14.3. The summed E-state index contributed by atoms with van der Waals surface area (Å²) in [5.41, 5.74) is 8.12. The van der Waals surface area contributed by atoms with Crippen molar-refractivity contribution in [1.82, 2.24) is 15.2 Å². The van der Waals surface area contributed by atoms with Gasteiger partial charge in [0.25, 0.3) is 0 Å². The summed E-state index contributed by atoms with van der Waals surface area (Å²) in [6, 6.07) is -0.124. The maximum atomic E-state index is 13.3. The molecule has 2 unspecified atom stereocenters. The Balaban J connectivity index is 1.78.